The van der Waals surface area contributed by atoms with E-state index in [-0.39, 0.29) is 0 Å². The van der Waals surface area contributed by atoms with Gasteiger partial charge < -0.3 is 5.11 Å². The molecule has 2 aromatic rings. The number of benzene rings is 1. The second kappa shape index (κ2) is 5.97. The molecule has 1 unspecified atom stereocenters. The Bertz CT molecular complexity index is 528. The van der Waals surface area contributed by atoms with Gasteiger partial charge in [0.05, 0.1) is 0 Å². The summed E-state index contributed by atoms with van der Waals surface area (Å²) in [7, 11) is 0. The van der Waals surface area contributed by atoms with Gasteiger partial charge in [-0.2, -0.15) is 4.37 Å². The lowest BCUT2D eigenvalue weighted by atomic mass is 10.1. The maximum absolute atomic E-state index is 11.3. The molecule has 1 aromatic heterocycles. The fourth-order valence-corrected chi connectivity index (χ4v) is 3.32. The van der Waals surface area contributed by atoms with Gasteiger partial charge in [0.1, 0.15) is 11.1 Å². The van der Waals surface area contributed by atoms with Crippen molar-refractivity contribution in [2.75, 3.05) is 0 Å². The van der Waals surface area contributed by atoms with Crippen LogP contribution in [0.3, 0.4) is 0 Å². The summed E-state index contributed by atoms with van der Waals surface area (Å²) in [6, 6.07) is 9.60. The van der Waals surface area contributed by atoms with Crippen molar-refractivity contribution in [2.24, 2.45) is 0 Å². The first-order valence-corrected chi connectivity index (χ1v) is 7.04. The fourth-order valence-electron chi connectivity index (χ4n) is 1.46. The number of carbonyl (C=O) groups is 1. The van der Waals surface area contributed by atoms with E-state index in [2.05, 4.69) is 9.36 Å². The maximum atomic E-state index is 11.3. The lowest BCUT2D eigenvalue weighted by molar-refractivity contribution is -0.136. The van der Waals surface area contributed by atoms with E-state index < -0.39 is 11.2 Å². The van der Waals surface area contributed by atoms with Gasteiger partial charge in [0, 0.05) is 0 Å². The summed E-state index contributed by atoms with van der Waals surface area (Å²) in [5, 5.41) is 8.71. The molecule has 1 aromatic carbocycles. The Morgan fingerprint density at radius 2 is 2.17 bits per heavy atom. The number of hydrogen-bond acceptors (Lipinski definition) is 5. The molecule has 18 heavy (non-hydrogen) atoms. The van der Waals surface area contributed by atoms with Gasteiger partial charge in [0.25, 0.3) is 0 Å². The van der Waals surface area contributed by atoms with Crippen molar-refractivity contribution in [1.82, 2.24) is 9.36 Å². The van der Waals surface area contributed by atoms with E-state index in [0.717, 1.165) is 5.56 Å². The van der Waals surface area contributed by atoms with Crippen LogP contribution in [0, 0.1) is 6.92 Å². The summed E-state index contributed by atoms with van der Waals surface area (Å²) in [6.07, 6.45) is 0.486. The summed E-state index contributed by atoms with van der Waals surface area (Å²) in [4.78, 5) is 15.4. The molecular formula is C12H12N2O2S2. The highest BCUT2D eigenvalue weighted by Gasteiger charge is 2.21. The molecule has 2 rings (SSSR count). The van der Waals surface area contributed by atoms with Crippen molar-refractivity contribution in [1.29, 1.82) is 0 Å². The Kier molecular flexibility index (Phi) is 4.33. The van der Waals surface area contributed by atoms with Gasteiger partial charge in [-0.25, -0.2) is 4.98 Å². The molecule has 1 N–H and O–H groups in total. The average molecular weight is 280 g/mol. The molecule has 94 valence electrons. The summed E-state index contributed by atoms with van der Waals surface area (Å²) in [6.45, 7) is 1.80. The molecule has 0 aliphatic rings. The molecule has 0 saturated carbocycles. The normalized spacial score (nSPS) is 12.3. The summed E-state index contributed by atoms with van der Waals surface area (Å²) in [5.74, 6) is -0.136. The number of hydrogen-bond donors (Lipinski definition) is 1. The Hall–Kier alpha value is -1.40. The molecule has 0 saturated heterocycles. The van der Waals surface area contributed by atoms with Gasteiger partial charge in [-0.05, 0) is 30.4 Å². The number of carboxylic acid groups (broad SMARTS) is 1. The van der Waals surface area contributed by atoms with Crippen LogP contribution in [-0.2, 0) is 11.2 Å². The zero-order valence-corrected chi connectivity index (χ0v) is 11.4. The molecule has 0 fully saturated rings. The quantitative estimate of drug-likeness (QED) is 0.853. The molecule has 0 amide bonds. The van der Waals surface area contributed by atoms with E-state index in [1.54, 1.807) is 6.92 Å². The summed E-state index contributed by atoms with van der Waals surface area (Å²) >= 11 is 2.50. The zero-order valence-electron chi connectivity index (χ0n) is 9.74. The van der Waals surface area contributed by atoms with E-state index in [0.29, 0.717) is 16.6 Å². The van der Waals surface area contributed by atoms with E-state index in [1.165, 1.54) is 23.3 Å². The highest BCUT2D eigenvalue weighted by Crippen LogP contribution is 2.27. The first-order chi connectivity index (χ1) is 8.65. The molecule has 0 aliphatic heterocycles. The molecule has 0 aliphatic carbocycles. The number of rotatable bonds is 5. The van der Waals surface area contributed by atoms with Gasteiger partial charge in [-0.15, -0.1) is 0 Å². The number of aliphatic carboxylic acids is 1. The summed E-state index contributed by atoms with van der Waals surface area (Å²) in [5.41, 5.74) is 1.01. The monoisotopic (exact) mass is 280 g/mol. The zero-order chi connectivity index (χ0) is 13.0. The lowest BCUT2D eigenvalue weighted by Gasteiger charge is -2.09. The van der Waals surface area contributed by atoms with E-state index in [9.17, 15) is 9.90 Å². The van der Waals surface area contributed by atoms with Gasteiger partial charge in [0.15, 0.2) is 4.34 Å². The topological polar surface area (TPSA) is 63.1 Å². The number of thioether (sulfide) groups is 1. The van der Waals surface area contributed by atoms with E-state index in [4.69, 9.17) is 0 Å². The minimum absolute atomic E-state index is 0.486. The van der Waals surface area contributed by atoms with Crippen LogP contribution in [0.15, 0.2) is 34.7 Å². The third-order valence-electron chi connectivity index (χ3n) is 2.29. The predicted octanol–water partition coefficient (Wildman–Crippen LogP) is 2.63. The van der Waals surface area contributed by atoms with Crippen LogP contribution in [-0.4, -0.2) is 25.7 Å². The third-order valence-corrected chi connectivity index (χ3v) is 4.35. The van der Waals surface area contributed by atoms with Crippen molar-refractivity contribution in [3.05, 3.63) is 41.7 Å². The molecular weight excluding hydrogens is 268 g/mol. The van der Waals surface area contributed by atoms with Gasteiger partial charge in [-0.3, -0.25) is 4.79 Å². The largest absolute Gasteiger partial charge is 0.480 e. The van der Waals surface area contributed by atoms with Gasteiger partial charge in [-0.1, -0.05) is 42.1 Å². The molecule has 0 radical (unpaired) electrons. The number of carboxylic acids is 1. The molecule has 0 bridgehead atoms. The number of nitrogens with zero attached hydrogens (tertiary/aromatic N) is 2. The smallest absolute Gasteiger partial charge is 0.317 e. The van der Waals surface area contributed by atoms with E-state index in [1.807, 2.05) is 30.3 Å². The molecule has 1 atom stereocenters. The second-order valence-corrected chi connectivity index (χ2v) is 5.94. The standard InChI is InChI=1S/C12H12N2O2S2/c1-8-13-12(18-14-8)17-10(11(15)16)7-9-5-3-2-4-6-9/h2-6,10H,7H2,1H3,(H,15,16). The minimum Gasteiger partial charge on any atom is -0.480 e. The SMILES string of the molecule is Cc1nsc(SC(Cc2ccccc2)C(=O)O)n1. The third kappa shape index (κ3) is 3.54. The Labute approximate surface area is 113 Å². The van der Waals surface area contributed by atoms with Crippen molar-refractivity contribution in [3.8, 4) is 0 Å². The Balaban J connectivity index is 2.07. The molecule has 1 heterocycles. The maximum Gasteiger partial charge on any atom is 0.317 e. The fraction of sp³-hybridized carbons (Fsp3) is 0.250. The molecule has 0 spiro atoms. The lowest BCUT2D eigenvalue weighted by Crippen LogP contribution is -2.19. The van der Waals surface area contributed by atoms with Crippen molar-refractivity contribution < 1.29 is 9.90 Å². The summed E-state index contributed by atoms with van der Waals surface area (Å²) < 4.78 is 4.76. The predicted molar refractivity (Wildman–Crippen MR) is 72.1 cm³/mol. The first kappa shape index (κ1) is 13.0. The first-order valence-electron chi connectivity index (χ1n) is 5.39. The number of aryl methyl sites for hydroxylation is 1. The Morgan fingerprint density at radius 1 is 1.44 bits per heavy atom. The van der Waals surface area contributed by atoms with Gasteiger partial charge >= 0.3 is 5.97 Å². The van der Waals surface area contributed by atoms with E-state index >= 15 is 0 Å². The van der Waals surface area contributed by atoms with Crippen LogP contribution in [0.2, 0.25) is 0 Å². The highest BCUT2D eigenvalue weighted by atomic mass is 32.2. The van der Waals surface area contributed by atoms with Crippen molar-refractivity contribution in [3.63, 3.8) is 0 Å². The van der Waals surface area contributed by atoms with Gasteiger partial charge in [0.2, 0.25) is 0 Å². The van der Waals surface area contributed by atoms with Crippen LogP contribution < -0.4 is 0 Å². The van der Waals surface area contributed by atoms with Crippen molar-refractivity contribution >= 4 is 29.3 Å². The van der Waals surface area contributed by atoms with Crippen LogP contribution in [0.5, 0.6) is 0 Å². The Morgan fingerprint density at radius 3 is 2.72 bits per heavy atom. The molecule has 4 nitrogen and oxygen atoms in total. The van der Waals surface area contributed by atoms with Crippen LogP contribution in [0.4, 0.5) is 0 Å². The van der Waals surface area contributed by atoms with Crippen molar-refractivity contribution in [2.45, 2.75) is 22.9 Å². The number of aromatic nitrogens is 2. The minimum atomic E-state index is -0.822. The van der Waals surface area contributed by atoms with Crippen LogP contribution in [0.25, 0.3) is 0 Å². The second-order valence-electron chi connectivity index (χ2n) is 3.74. The van der Waals surface area contributed by atoms with Crippen LogP contribution >= 0.6 is 23.3 Å². The van der Waals surface area contributed by atoms with Crippen LogP contribution in [0.1, 0.15) is 11.4 Å². The highest BCUT2D eigenvalue weighted by molar-refractivity contribution is 8.02. The molecule has 6 heteroatoms. The average Bonchev–Trinajstić information content (AvgIpc) is 2.75.